The zero-order chi connectivity index (χ0) is 17.3. The summed E-state index contributed by atoms with van der Waals surface area (Å²) in [7, 11) is 2.34. The van der Waals surface area contributed by atoms with Crippen LogP contribution in [-0.2, 0) is 30.3 Å². The molecule has 0 aliphatic rings. The molecule has 0 aliphatic heterocycles. The maximum atomic E-state index is 12.2. The van der Waals surface area contributed by atoms with Crippen LogP contribution in [0.15, 0.2) is 30.3 Å². The highest BCUT2D eigenvalue weighted by molar-refractivity contribution is 6.00. The molecule has 23 heavy (non-hydrogen) atoms. The quantitative estimate of drug-likeness (QED) is 0.316. The van der Waals surface area contributed by atoms with Gasteiger partial charge < -0.3 is 14.3 Å². The van der Waals surface area contributed by atoms with E-state index in [9.17, 15) is 14.4 Å². The molecule has 1 atom stereocenters. The first-order valence-electron chi connectivity index (χ1n) is 7.13. The highest BCUT2D eigenvalue weighted by atomic mass is 16.5. The van der Waals surface area contributed by atoms with Crippen LogP contribution in [0.1, 0.15) is 18.4 Å². The van der Waals surface area contributed by atoms with E-state index in [0.717, 1.165) is 11.8 Å². The summed E-state index contributed by atoms with van der Waals surface area (Å²) in [5.74, 6) is 0.170. The molecule has 0 N–H and O–H groups in total. The molecule has 122 valence electrons. The Morgan fingerprint density at radius 2 is 1.78 bits per heavy atom. The fourth-order valence-corrected chi connectivity index (χ4v) is 2.56. The van der Waals surface area contributed by atoms with Gasteiger partial charge in [-0.15, -0.1) is 12.3 Å². The lowest BCUT2D eigenvalue weighted by atomic mass is 9.75. The normalized spacial score (nSPS) is 11.9. The summed E-state index contributed by atoms with van der Waals surface area (Å²) in [6.45, 7) is 0. The van der Waals surface area contributed by atoms with Gasteiger partial charge in [0, 0.05) is 12.3 Å². The van der Waals surface area contributed by atoms with Crippen LogP contribution in [0.5, 0.6) is 0 Å². The number of hydrogen-bond acceptors (Lipinski definition) is 5. The average molecular weight is 316 g/mol. The fraction of sp³-hybridized carbons (Fsp3) is 0.389. The Morgan fingerprint density at radius 3 is 2.22 bits per heavy atom. The molecular formula is C18H20O5. The van der Waals surface area contributed by atoms with Crippen molar-refractivity contribution in [3.05, 3.63) is 35.9 Å². The Morgan fingerprint density at radius 1 is 1.22 bits per heavy atom. The average Bonchev–Trinajstić information content (AvgIpc) is 2.59. The van der Waals surface area contributed by atoms with Crippen molar-refractivity contribution >= 4 is 18.2 Å². The van der Waals surface area contributed by atoms with Gasteiger partial charge in [-0.25, -0.2) is 0 Å². The smallest absolute Gasteiger partial charge is 0.324 e. The topological polar surface area (TPSA) is 69.7 Å². The Hall–Kier alpha value is -2.61. The van der Waals surface area contributed by atoms with Crippen molar-refractivity contribution < 1.29 is 23.9 Å². The van der Waals surface area contributed by atoms with Crippen molar-refractivity contribution in [1.82, 2.24) is 0 Å². The lowest BCUT2D eigenvalue weighted by molar-refractivity contribution is -0.170. The molecule has 1 unspecified atom stereocenters. The zero-order valence-electron chi connectivity index (χ0n) is 13.3. The van der Waals surface area contributed by atoms with Gasteiger partial charge in [-0.2, -0.15) is 0 Å². The standard InChI is InChI=1S/C18H20O5/c1-4-10-18(16(20)22-2,17(21)23-3)12-15(13-19)11-14-8-6-5-7-9-14/h1,5-9,13,15H,10-12H2,2-3H3. The summed E-state index contributed by atoms with van der Waals surface area (Å²) < 4.78 is 9.47. The van der Waals surface area contributed by atoms with Crippen LogP contribution in [0.25, 0.3) is 0 Å². The summed E-state index contributed by atoms with van der Waals surface area (Å²) in [6, 6.07) is 9.31. The summed E-state index contributed by atoms with van der Waals surface area (Å²) in [5, 5.41) is 0. The molecule has 0 saturated heterocycles. The van der Waals surface area contributed by atoms with E-state index in [0.29, 0.717) is 6.42 Å². The largest absolute Gasteiger partial charge is 0.468 e. The van der Waals surface area contributed by atoms with Gasteiger partial charge in [-0.1, -0.05) is 30.3 Å². The van der Waals surface area contributed by atoms with Gasteiger partial charge in [-0.3, -0.25) is 9.59 Å². The molecule has 0 radical (unpaired) electrons. The van der Waals surface area contributed by atoms with Crippen LogP contribution in [0.4, 0.5) is 0 Å². The van der Waals surface area contributed by atoms with Gasteiger partial charge >= 0.3 is 11.9 Å². The van der Waals surface area contributed by atoms with E-state index >= 15 is 0 Å². The van der Waals surface area contributed by atoms with Crippen molar-refractivity contribution in [3.63, 3.8) is 0 Å². The third-order valence-electron chi connectivity index (χ3n) is 3.70. The van der Waals surface area contributed by atoms with Crippen molar-refractivity contribution in [3.8, 4) is 12.3 Å². The monoisotopic (exact) mass is 316 g/mol. The number of aldehydes is 1. The van der Waals surface area contributed by atoms with Crippen LogP contribution in [0, 0.1) is 23.7 Å². The van der Waals surface area contributed by atoms with Crippen LogP contribution >= 0.6 is 0 Å². The van der Waals surface area contributed by atoms with Crippen molar-refractivity contribution in [2.45, 2.75) is 19.3 Å². The second kappa shape index (κ2) is 8.74. The number of benzene rings is 1. The number of hydrogen-bond donors (Lipinski definition) is 0. The number of terminal acetylenes is 1. The molecule has 0 bridgehead atoms. The Balaban J connectivity index is 3.10. The van der Waals surface area contributed by atoms with E-state index in [2.05, 4.69) is 5.92 Å². The Labute approximate surface area is 136 Å². The molecule has 0 heterocycles. The molecule has 0 amide bonds. The molecule has 1 rings (SSSR count). The third-order valence-corrected chi connectivity index (χ3v) is 3.70. The van der Waals surface area contributed by atoms with Gasteiger partial charge in [0.15, 0.2) is 5.41 Å². The first-order valence-corrected chi connectivity index (χ1v) is 7.13. The van der Waals surface area contributed by atoms with Crippen molar-refractivity contribution in [1.29, 1.82) is 0 Å². The minimum atomic E-state index is -1.67. The van der Waals surface area contributed by atoms with E-state index < -0.39 is 23.3 Å². The van der Waals surface area contributed by atoms with Crippen molar-refractivity contribution in [2.75, 3.05) is 14.2 Å². The fourth-order valence-electron chi connectivity index (χ4n) is 2.56. The van der Waals surface area contributed by atoms with Crippen LogP contribution < -0.4 is 0 Å². The number of carbonyl (C=O) groups excluding carboxylic acids is 3. The Bertz CT molecular complexity index is 569. The molecule has 0 fully saturated rings. The first-order chi connectivity index (χ1) is 11.0. The lowest BCUT2D eigenvalue weighted by Crippen LogP contribution is -2.43. The van der Waals surface area contributed by atoms with Crippen LogP contribution in [0.3, 0.4) is 0 Å². The molecule has 0 aliphatic carbocycles. The minimum absolute atomic E-state index is 0.0606. The second-order valence-corrected chi connectivity index (χ2v) is 5.24. The maximum absolute atomic E-state index is 12.2. The number of esters is 2. The molecule has 0 spiro atoms. The van der Waals surface area contributed by atoms with Gasteiger partial charge in [0.25, 0.3) is 0 Å². The number of rotatable bonds is 8. The molecule has 0 saturated carbocycles. The number of methoxy groups -OCH3 is 2. The zero-order valence-corrected chi connectivity index (χ0v) is 13.3. The number of ether oxygens (including phenoxy) is 2. The van der Waals surface area contributed by atoms with Gasteiger partial charge in [0.2, 0.25) is 0 Å². The predicted octanol–water partition coefficient (Wildman–Crippen LogP) is 1.79. The van der Waals surface area contributed by atoms with E-state index in [-0.39, 0.29) is 12.8 Å². The number of carbonyl (C=O) groups is 3. The summed E-state index contributed by atoms with van der Waals surface area (Å²) in [4.78, 5) is 35.8. The summed E-state index contributed by atoms with van der Waals surface area (Å²) in [5.41, 5.74) is -0.743. The van der Waals surface area contributed by atoms with Gasteiger partial charge in [-0.05, 0) is 18.4 Å². The minimum Gasteiger partial charge on any atom is -0.468 e. The van der Waals surface area contributed by atoms with Crippen LogP contribution in [-0.4, -0.2) is 32.4 Å². The maximum Gasteiger partial charge on any atom is 0.324 e. The van der Waals surface area contributed by atoms with E-state index in [1.165, 1.54) is 14.2 Å². The molecule has 0 aromatic heterocycles. The van der Waals surface area contributed by atoms with E-state index in [1.54, 1.807) is 0 Å². The first kappa shape index (κ1) is 18.4. The Kier molecular flexibility index (Phi) is 7.01. The van der Waals surface area contributed by atoms with Gasteiger partial charge in [0.1, 0.15) is 6.29 Å². The molecule has 1 aromatic carbocycles. The summed E-state index contributed by atoms with van der Waals surface area (Å²) >= 11 is 0. The van der Waals surface area contributed by atoms with E-state index in [1.807, 2.05) is 30.3 Å². The SMILES string of the molecule is C#CCC(CC(C=O)Cc1ccccc1)(C(=O)OC)C(=O)OC. The summed E-state index contributed by atoms with van der Waals surface area (Å²) in [6.07, 6.45) is 6.19. The molecular weight excluding hydrogens is 296 g/mol. The third kappa shape index (κ3) is 4.43. The highest BCUT2D eigenvalue weighted by Crippen LogP contribution is 2.34. The second-order valence-electron chi connectivity index (χ2n) is 5.24. The van der Waals surface area contributed by atoms with Gasteiger partial charge in [0.05, 0.1) is 14.2 Å². The molecule has 1 aromatic rings. The van der Waals surface area contributed by atoms with Crippen molar-refractivity contribution in [2.24, 2.45) is 11.3 Å². The molecule has 5 heteroatoms. The molecule has 5 nitrogen and oxygen atoms in total. The van der Waals surface area contributed by atoms with E-state index in [4.69, 9.17) is 15.9 Å². The highest BCUT2D eigenvalue weighted by Gasteiger charge is 2.49. The predicted molar refractivity (Wildman–Crippen MR) is 84.2 cm³/mol. The lowest BCUT2D eigenvalue weighted by Gasteiger charge is -2.28. The van der Waals surface area contributed by atoms with Crippen LogP contribution in [0.2, 0.25) is 0 Å².